The number of hydrogen-bond donors (Lipinski definition) is 2. The van der Waals surface area contributed by atoms with Gasteiger partial charge in [-0.2, -0.15) is 5.10 Å². The molecule has 0 radical (unpaired) electrons. The largest absolute Gasteiger partial charge is 0.348 e. The Bertz CT molecular complexity index is 956. The van der Waals surface area contributed by atoms with Crippen molar-refractivity contribution in [3.63, 3.8) is 0 Å². The van der Waals surface area contributed by atoms with E-state index in [1.165, 1.54) is 11.1 Å². The zero-order chi connectivity index (χ0) is 18.8. The molecule has 138 valence electrons. The molecule has 1 aliphatic rings. The third kappa shape index (κ3) is 3.64. The van der Waals surface area contributed by atoms with Crippen molar-refractivity contribution < 1.29 is 4.79 Å². The summed E-state index contributed by atoms with van der Waals surface area (Å²) in [6.45, 7) is 5.93. The van der Waals surface area contributed by atoms with Gasteiger partial charge in [0.05, 0.1) is 11.3 Å². The first-order chi connectivity index (χ1) is 13.1. The van der Waals surface area contributed by atoms with Crippen LogP contribution in [0.2, 0.25) is 0 Å². The average Bonchev–Trinajstić information content (AvgIpc) is 3.34. The van der Waals surface area contributed by atoms with Gasteiger partial charge in [0, 0.05) is 24.3 Å². The Hall–Kier alpha value is -2.92. The number of aryl methyl sites for hydroxylation is 2. The highest BCUT2D eigenvalue weighted by Crippen LogP contribution is 2.26. The van der Waals surface area contributed by atoms with Crippen LogP contribution in [-0.4, -0.2) is 34.8 Å². The Balaban J connectivity index is 1.76. The number of carbonyl (C=O) groups excluding carboxylic acids is 1. The zero-order valence-corrected chi connectivity index (χ0v) is 15.7. The number of rotatable bonds is 4. The quantitative estimate of drug-likeness (QED) is 0.751. The molecule has 2 N–H and O–H groups in total. The fourth-order valence-corrected chi connectivity index (χ4v) is 3.40. The van der Waals surface area contributed by atoms with E-state index in [-0.39, 0.29) is 11.9 Å². The van der Waals surface area contributed by atoms with E-state index in [1.807, 2.05) is 42.6 Å². The molecule has 0 bridgehead atoms. The van der Waals surface area contributed by atoms with E-state index < -0.39 is 0 Å². The SMILES string of the molecule is Cc1ccc(-c2nn(-c3ccccc3)cc2C(=O)NC2CCNC2)cc1C. The predicted molar refractivity (Wildman–Crippen MR) is 107 cm³/mol. The fraction of sp³-hybridized carbons (Fsp3) is 0.273. The number of aromatic nitrogens is 2. The number of para-hydroxylation sites is 1. The second-order valence-corrected chi connectivity index (χ2v) is 7.13. The smallest absolute Gasteiger partial charge is 0.255 e. The first-order valence-corrected chi connectivity index (χ1v) is 9.36. The van der Waals surface area contributed by atoms with Crippen LogP contribution in [0.1, 0.15) is 27.9 Å². The molecule has 1 aliphatic heterocycles. The molecule has 2 heterocycles. The summed E-state index contributed by atoms with van der Waals surface area (Å²) < 4.78 is 1.78. The molecule has 2 aromatic carbocycles. The maximum Gasteiger partial charge on any atom is 0.255 e. The molecule has 0 saturated carbocycles. The van der Waals surface area contributed by atoms with Gasteiger partial charge in [-0.3, -0.25) is 4.79 Å². The van der Waals surface area contributed by atoms with Gasteiger partial charge in [0.25, 0.3) is 5.91 Å². The van der Waals surface area contributed by atoms with Gasteiger partial charge in [0.2, 0.25) is 0 Å². The van der Waals surface area contributed by atoms with Crippen LogP contribution >= 0.6 is 0 Å². The standard InChI is InChI=1S/C22H24N4O/c1-15-8-9-17(12-16(15)2)21-20(22(27)24-18-10-11-23-13-18)14-26(25-21)19-6-4-3-5-7-19/h3-9,12,14,18,23H,10-11,13H2,1-2H3,(H,24,27). The Morgan fingerprint density at radius 3 is 2.67 bits per heavy atom. The minimum absolute atomic E-state index is 0.0703. The Morgan fingerprint density at radius 1 is 1.15 bits per heavy atom. The van der Waals surface area contributed by atoms with Gasteiger partial charge in [0.1, 0.15) is 5.69 Å². The lowest BCUT2D eigenvalue weighted by Crippen LogP contribution is -2.36. The summed E-state index contributed by atoms with van der Waals surface area (Å²) in [4.78, 5) is 13.0. The van der Waals surface area contributed by atoms with Crippen molar-refractivity contribution in [3.8, 4) is 16.9 Å². The summed E-state index contributed by atoms with van der Waals surface area (Å²) in [5.74, 6) is -0.0703. The summed E-state index contributed by atoms with van der Waals surface area (Å²) in [5.41, 5.74) is 5.63. The van der Waals surface area contributed by atoms with Crippen LogP contribution in [0.5, 0.6) is 0 Å². The molecule has 1 aromatic heterocycles. The summed E-state index contributed by atoms with van der Waals surface area (Å²) in [5, 5.41) is 11.2. The first kappa shape index (κ1) is 17.5. The third-order valence-electron chi connectivity index (χ3n) is 5.16. The lowest BCUT2D eigenvalue weighted by molar-refractivity contribution is 0.0940. The lowest BCUT2D eigenvalue weighted by Gasteiger charge is -2.11. The van der Waals surface area contributed by atoms with E-state index in [9.17, 15) is 4.79 Å². The highest BCUT2D eigenvalue weighted by molar-refractivity contribution is 6.00. The van der Waals surface area contributed by atoms with E-state index in [0.717, 1.165) is 30.8 Å². The van der Waals surface area contributed by atoms with E-state index in [0.29, 0.717) is 11.3 Å². The molecule has 4 rings (SSSR count). The van der Waals surface area contributed by atoms with Crippen molar-refractivity contribution in [1.82, 2.24) is 20.4 Å². The maximum atomic E-state index is 13.0. The van der Waals surface area contributed by atoms with E-state index in [1.54, 1.807) is 4.68 Å². The van der Waals surface area contributed by atoms with Crippen molar-refractivity contribution >= 4 is 5.91 Å². The molecule has 1 fully saturated rings. The minimum atomic E-state index is -0.0703. The number of nitrogens with one attached hydrogen (secondary N) is 2. The minimum Gasteiger partial charge on any atom is -0.348 e. The molecular weight excluding hydrogens is 336 g/mol. The monoisotopic (exact) mass is 360 g/mol. The van der Waals surface area contributed by atoms with E-state index in [4.69, 9.17) is 5.10 Å². The Kier molecular flexibility index (Phi) is 4.77. The van der Waals surface area contributed by atoms with Crippen LogP contribution in [0.4, 0.5) is 0 Å². The molecule has 1 atom stereocenters. The molecule has 27 heavy (non-hydrogen) atoms. The summed E-state index contributed by atoms with van der Waals surface area (Å²) >= 11 is 0. The summed E-state index contributed by atoms with van der Waals surface area (Å²) in [6.07, 6.45) is 2.79. The van der Waals surface area contributed by atoms with Crippen molar-refractivity contribution in [3.05, 3.63) is 71.4 Å². The first-order valence-electron chi connectivity index (χ1n) is 9.36. The lowest BCUT2D eigenvalue weighted by atomic mass is 10.0. The van der Waals surface area contributed by atoms with Crippen LogP contribution in [0.25, 0.3) is 16.9 Å². The van der Waals surface area contributed by atoms with Crippen molar-refractivity contribution in [2.24, 2.45) is 0 Å². The predicted octanol–water partition coefficient (Wildman–Crippen LogP) is 3.25. The average molecular weight is 360 g/mol. The van der Waals surface area contributed by atoms with Gasteiger partial charge < -0.3 is 10.6 Å². The van der Waals surface area contributed by atoms with Gasteiger partial charge in [-0.15, -0.1) is 0 Å². The molecular formula is C22H24N4O. The van der Waals surface area contributed by atoms with Crippen LogP contribution in [0, 0.1) is 13.8 Å². The maximum absolute atomic E-state index is 13.0. The second kappa shape index (κ2) is 7.37. The van der Waals surface area contributed by atoms with Gasteiger partial charge >= 0.3 is 0 Å². The van der Waals surface area contributed by atoms with Gasteiger partial charge in [-0.1, -0.05) is 30.3 Å². The number of benzene rings is 2. The van der Waals surface area contributed by atoms with Crippen LogP contribution < -0.4 is 10.6 Å². The fourth-order valence-electron chi connectivity index (χ4n) is 3.40. The molecule has 3 aromatic rings. The molecule has 1 amide bonds. The number of amides is 1. The van der Waals surface area contributed by atoms with E-state index >= 15 is 0 Å². The van der Waals surface area contributed by atoms with Gasteiger partial charge in [-0.05, 0) is 56.1 Å². The summed E-state index contributed by atoms with van der Waals surface area (Å²) in [7, 11) is 0. The Morgan fingerprint density at radius 2 is 1.96 bits per heavy atom. The van der Waals surface area contributed by atoms with Crippen molar-refractivity contribution in [2.45, 2.75) is 26.3 Å². The molecule has 0 spiro atoms. The van der Waals surface area contributed by atoms with Gasteiger partial charge in [0.15, 0.2) is 0 Å². The number of carbonyl (C=O) groups is 1. The molecule has 5 heteroatoms. The summed E-state index contributed by atoms with van der Waals surface area (Å²) in [6, 6.07) is 16.3. The number of hydrogen-bond acceptors (Lipinski definition) is 3. The van der Waals surface area contributed by atoms with Gasteiger partial charge in [-0.25, -0.2) is 4.68 Å². The topological polar surface area (TPSA) is 59.0 Å². The highest BCUT2D eigenvalue weighted by Gasteiger charge is 2.23. The van der Waals surface area contributed by atoms with Crippen molar-refractivity contribution in [1.29, 1.82) is 0 Å². The molecule has 5 nitrogen and oxygen atoms in total. The molecule has 1 saturated heterocycles. The second-order valence-electron chi connectivity index (χ2n) is 7.13. The van der Waals surface area contributed by atoms with Crippen LogP contribution in [-0.2, 0) is 0 Å². The third-order valence-corrected chi connectivity index (χ3v) is 5.16. The van der Waals surface area contributed by atoms with Crippen molar-refractivity contribution in [2.75, 3.05) is 13.1 Å². The Labute approximate surface area is 159 Å². The normalized spacial score (nSPS) is 16.4. The van der Waals surface area contributed by atoms with Crippen LogP contribution in [0.15, 0.2) is 54.7 Å². The zero-order valence-electron chi connectivity index (χ0n) is 15.7. The van der Waals surface area contributed by atoms with E-state index in [2.05, 4.69) is 36.6 Å². The number of nitrogens with zero attached hydrogens (tertiary/aromatic N) is 2. The molecule has 1 unspecified atom stereocenters. The molecule has 0 aliphatic carbocycles. The van der Waals surface area contributed by atoms with Crippen LogP contribution in [0.3, 0.4) is 0 Å². The highest BCUT2D eigenvalue weighted by atomic mass is 16.1.